The molecule has 0 saturated carbocycles. The molecule has 0 bridgehead atoms. The lowest BCUT2D eigenvalue weighted by atomic mass is 9.87. The number of rotatable bonds is 8. The Morgan fingerprint density at radius 1 is 0.964 bits per heavy atom. The highest BCUT2D eigenvalue weighted by Crippen LogP contribution is 2.25. The Bertz CT molecular complexity index is 843. The number of thioether (sulfide) groups is 1. The van der Waals surface area contributed by atoms with Crippen LogP contribution in [-0.4, -0.2) is 52.9 Å². The van der Waals surface area contributed by atoms with E-state index in [2.05, 4.69) is 0 Å². The van der Waals surface area contributed by atoms with Gasteiger partial charge < -0.3 is 10.0 Å². The van der Waals surface area contributed by atoms with Crippen LogP contribution in [0.3, 0.4) is 0 Å². The van der Waals surface area contributed by atoms with Gasteiger partial charge >= 0.3 is 0 Å². The second-order valence-electron chi connectivity index (χ2n) is 6.60. The summed E-state index contributed by atoms with van der Waals surface area (Å²) in [7, 11) is 1.42. The first-order valence-corrected chi connectivity index (χ1v) is 10.2. The van der Waals surface area contributed by atoms with Crippen LogP contribution < -0.4 is 0 Å². The molecule has 0 unspecified atom stereocenters. The summed E-state index contributed by atoms with van der Waals surface area (Å²) in [5, 5.41) is 9.27. The lowest BCUT2D eigenvalue weighted by Gasteiger charge is -2.35. The molecule has 0 heterocycles. The molecule has 0 radical (unpaired) electrons. The summed E-state index contributed by atoms with van der Waals surface area (Å²) in [6, 6.07) is 15.1. The van der Waals surface area contributed by atoms with Crippen molar-refractivity contribution in [2.75, 3.05) is 19.9 Å². The number of benzene rings is 2. The smallest absolute Gasteiger partial charge is 0.254 e. The van der Waals surface area contributed by atoms with E-state index in [1.165, 1.54) is 18.9 Å². The molecular formula is C22H25NO4S. The lowest BCUT2D eigenvalue weighted by molar-refractivity contribution is -0.141. The molecule has 148 valence electrons. The van der Waals surface area contributed by atoms with Gasteiger partial charge in [-0.05, 0) is 48.6 Å². The number of carbonyl (C=O) groups is 3. The van der Waals surface area contributed by atoms with E-state index in [4.69, 9.17) is 0 Å². The molecule has 0 aliphatic rings. The van der Waals surface area contributed by atoms with Crippen LogP contribution in [0.1, 0.15) is 30.6 Å². The number of Topliss-reactive ketones (excluding diaryl/α,β-unsaturated/α-hetero) is 2. The van der Waals surface area contributed by atoms with Crippen molar-refractivity contribution < 1.29 is 19.5 Å². The van der Waals surface area contributed by atoms with Gasteiger partial charge in [0.2, 0.25) is 0 Å². The number of hydrogen-bond acceptors (Lipinski definition) is 5. The summed E-state index contributed by atoms with van der Waals surface area (Å²) in [5.74, 6) is -1.55. The molecule has 2 rings (SSSR count). The molecule has 1 atom stereocenters. The standard InChI is InChI=1S/C22H25NO4S/c1-5-19(25)22(2,20(26)14-24)23(3)21(27)17-8-6-15(7-9-17)16-10-12-18(28-4)13-11-16/h6-13,24H,5,14H2,1-4H3/t22-/m0/s1. The zero-order valence-corrected chi connectivity index (χ0v) is 17.4. The molecule has 0 saturated heterocycles. The van der Waals surface area contributed by atoms with Crippen LogP contribution in [0.2, 0.25) is 0 Å². The van der Waals surface area contributed by atoms with Crippen LogP contribution in [0.25, 0.3) is 11.1 Å². The van der Waals surface area contributed by atoms with E-state index < -0.39 is 29.6 Å². The topological polar surface area (TPSA) is 74.7 Å². The monoisotopic (exact) mass is 399 g/mol. The van der Waals surface area contributed by atoms with E-state index >= 15 is 0 Å². The predicted octanol–water partition coefficient (Wildman–Crippen LogP) is 3.45. The fourth-order valence-electron chi connectivity index (χ4n) is 3.01. The van der Waals surface area contributed by atoms with Crippen molar-refractivity contribution in [3.8, 4) is 11.1 Å². The largest absolute Gasteiger partial charge is 0.388 e. The number of carbonyl (C=O) groups excluding carboxylic acids is 3. The molecular weight excluding hydrogens is 374 g/mol. The first-order valence-electron chi connectivity index (χ1n) is 8.99. The predicted molar refractivity (Wildman–Crippen MR) is 112 cm³/mol. The van der Waals surface area contributed by atoms with E-state index in [1.807, 2.05) is 42.7 Å². The molecule has 1 amide bonds. The van der Waals surface area contributed by atoms with Crippen LogP contribution in [0, 0.1) is 0 Å². The van der Waals surface area contributed by atoms with E-state index in [-0.39, 0.29) is 6.42 Å². The third-order valence-electron chi connectivity index (χ3n) is 5.08. The second kappa shape index (κ2) is 9.17. The summed E-state index contributed by atoms with van der Waals surface area (Å²) < 4.78 is 0. The van der Waals surface area contributed by atoms with Crippen LogP contribution in [0.4, 0.5) is 0 Å². The van der Waals surface area contributed by atoms with Gasteiger partial charge in [-0.3, -0.25) is 14.4 Å². The number of hydrogen-bond donors (Lipinski definition) is 1. The van der Waals surface area contributed by atoms with E-state index in [0.29, 0.717) is 5.56 Å². The zero-order chi connectivity index (χ0) is 20.9. The SMILES string of the molecule is CCC(=O)[C@@](C)(C(=O)CO)N(C)C(=O)c1ccc(-c2ccc(SC)cc2)cc1. The molecule has 0 aromatic heterocycles. The van der Waals surface area contributed by atoms with Gasteiger partial charge in [0.25, 0.3) is 5.91 Å². The lowest BCUT2D eigenvalue weighted by Crippen LogP contribution is -2.59. The number of aliphatic hydroxyl groups excluding tert-OH is 1. The first kappa shape index (κ1) is 21.9. The molecule has 2 aromatic rings. The maximum absolute atomic E-state index is 12.9. The summed E-state index contributed by atoms with van der Waals surface area (Å²) in [4.78, 5) is 39.8. The molecule has 28 heavy (non-hydrogen) atoms. The maximum Gasteiger partial charge on any atom is 0.254 e. The van der Waals surface area contributed by atoms with E-state index in [0.717, 1.165) is 16.0 Å². The normalized spacial score (nSPS) is 12.9. The number of likely N-dealkylation sites (N-methyl/N-ethyl adjacent to an activating group) is 1. The third-order valence-corrected chi connectivity index (χ3v) is 5.82. The van der Waals surface area contributed by atoms with Crippen molar-refractivity contribution in [1.82, 2.24) is 4.90 Å². The fourth-order valence-corrected chi connectivity index (χ4v) is 3.42. The van der Waals surface area contributed by atoms with Crippen LogP contribution >= 0.6 is 11.8 Å². The Balaban J connectivity index is 2.29. The third kappa shape index (κ3) is 4.18. The Labute approximate surface area is 169 Å². The summed E-state index contributed by atoms with van der Waals surface area (Å²) in [5.41, 5.74) is 0.678. The van der Waals surface area contributed by atoms with Crippen molar-refractivity contribution in [1.29, 1.82) is 0 Å². The van der Waals surface area contributed by atoms with Crippen molar-refractivity contribution in [2.45, 2.75) is 30.7 Å². The average molecular weight is 400 g/mol. The Morgan fingerprint density at radius 2 is 1.46 bits per heavy atom. The van der Waals surface area contributed by atoms with Crippen LogP contribution in [0.5, 0.6) is 0 Å². The molecule has 2 aromatic carbocycles. The summed E-state index contributed by atoms with van der Waals surface area (Å²) in [6.45, 7) is 2.21. The number of nitrogens with zero attached hydrogens (tertiary/aromatic N) is 1. The quantitative estimate of drug-likeness (QED) is 0.544. The highest BCUT2D eigenvalue weighted by molar-refractivity contribution is 7.98. The van der Waals surface area contributed by atoms with Gasteiger partial charge in [0.15, 0.2) is 17.1 Å². The molecule has 5 nitrogen and oxygen atoms in total. The van der Waals surface area contributed by atoms with Gasteiger partial charge in [-0.25, -0.2) is 0 Å². The molecule has 0 aliphatic carbocycles. The highest BCUT2D eigenvalue weighted by atomic mass is 32.2. The van der Waals surface area contributed by atoms with Gasteiger partial charge in [-0.2, -0.15) is 0 Å². The Hall–Kier alpha value is -2.44. The number of aliphatic hydroxyl groups is 1. The van der Waals surface area contributed by atoms with Gasteiger partial charge in [0, 0.05) is 23.9 Å². The zero-order valence-electron chi connectivity index (χ0n) is 16.6. The summed E-state index contributed by atoms with van der Waals surface area (Å²) >= 11 is 1.67. The van der Waals surface area contributed by atoms with E-state index in [9.17, 15) is 19.5 Å². The van der Waals surface area contributed by atoms with Crippen LogP contribution in [-0.2, 0) is 9.59 Å². The number of ketones is 2. The van der Waals surface area contributed by atoms with Gasteiger partial charge in [0.05, 0.1) is 0 Å². The molecule has 0 spiro atoms. The van der Waals surface area contributed by atoms with Gasteiger partial charge in [-0.15, -0.1) is 11.8 Å². The average Bonchev–Trinajstić information content (AvgIpc) is 2.76. The van der Waals surface area contributed by atoms with Crippen molar-refractivity contribution in [3.63, 3.8) is 0 Å². The van der Waals surface area contributed by atoms with Gasteiger partial charge in [0.1, 0.15) is 6.61 Å². The molecule has 6 heteroatoms. The second-order valence-corrected chi connectivity index (χ2v) is 7.48. The Kier molecular flexibility index (Phi) is 7.16. The molecule has 1 N–H and O–H groups in total. The maximum atomic E-state index is 12.9. The van der Waals surface area contributed by atoms with Crippen molar-refractivity contribution in [3.05, 3.63) is 54.1 Å². The fraction of sp³-hybridized carbons (Fsp3) is 0.318. The Morgan fingerprint density at radius 3 is 1.89 bits per heavy atom. The molecule has 0 fully saturated rings. The minimum absolute atomic E-state index is 0.0881. The minimum atomic E-state index is -1.69. The highest BCUT2D eigenvalue weighted by Gasteiger charge is 2.45. The minimum Gasteiger partial charge on any atom is -0.388 e. The summed E-state index contributed by atoms with van der Waals surface area (Å²) in [6.07, 6.45) is 2.11. The first-order chi connectivity index (χ1) is 13.3. The molecule has 0 aliphatic heterocycles. The van der Waals surface area contributed by atoms with Crippen LogP contribution in [0.15, 0.2) is 53.4 Å². The number of amides is 1. The van der Waals surface area contributed by atoms with E-state index in [1.54, 1.807) is 30.8 Å². The van der Waals surface area contributed by atoms with Crippen molar-refractivity contribution >= 4 is 29.2 Å². The van der Waals surface area contributed by atoms with Crippen molar-refractivity contribution in [2.24, 2.45) is 0 Å². The van der Waals surface area contributed by atoms with Gasteiger partial charge in [-0.1, -0.05) is 31.2 Å².